The largest absolute Gasteiger partial charge is 0.323 e. The monoisotopic (exact) mass is 248 g/mol. The summed E-state index contributed by atoms with van der Waals surface area (Å²) < 4.78 is 0. The molecule has 0 saturated carbocycles. The van der Waals surface area contributed by atoms with Crippen molar-refractivity contribution in [3.63, 3.8) is 0 Å². The number of hydrogen-bond donors (Lipinski definition) is 1. The summed E-state index contributed by atoms with van der Waals surface area (Å²) in [5.41, 5.74) is 9.10. The molecule has 2 nitrogen and oxygen atoms in total. The third-order valence-corrected chi connectivity index (χ3v) is 4.19. The van der Waals surface area contributed by atoms with Crippen LogP contribution in [0.15, 0.2) is 24.3 Å². The summed E-state index contributed by atoms with van der Waals surface area (Å²) >= 11 is 0. The number of nitrogens with two attached hydrogens (primary N) is 1. The Balaban J connectivity index is 2.67. The molecule has 0 saturated heterocycles. The maximum absolute atomic E-state index is 6.30. The minimum absolute atomic E-state index is 0.0896. The Labute approximate surface area is 112 Å². The maximum atomic E-state index is 6.30. The number of likely N-dealkylation sites (N-methyl/N-ethyl adjacent to an activating group) is 1. The van der Waals surface area contributed by atoms with E-state index in [1.165, 1.54) is 11.1 Å². The van der Waals surface area contributed by atoms with Gasteiger partial charge in [-0.2, -0.15) is 0 Å². The summed E-state index contributed by atoms with van der Waals surface area (Å²) in [6.45, 7) is 9.82. The lowest BCUT2D eigenvalue weighted by Crippen LogP contribution is -2.44. The van der Waals surface area contributed by atoms with E-state index in [1.807, 2.05) is 0 Å². The molecule has 0 bridgehead atoms. The second-order valence-electron chi connectivity index (χ2n) is 5.75. The Morgan fingerprint density at radius 3 is 2.17 bits per heavy atom. The van der Waals surface area contributed by atoms with Crippen molar-refractivity contribution in [3.05, 3.63) is 35.4 Å². The van der Waals surface area contributed by atoms with Gasteiger partial charge in [-0.15, -0.1) is 0 Å². The highest BCUT2D eigenvalue weighted by Crippen LogP contribution is 2.20. The van der Waals surface area contributed by atoms with Gasteiger partial charge in [0.2, 0.25) is 0 Å². The minimum atomic E-state index is 0.0896. The summed E-state index contributed by atoms with van der Waals surface area (Å²) in [6.07, 6.45) is 2.21. The lowest BCUT2D eigenvalue weighted by atomic mass is 9.97. The molecule has 1 atom stereocenters. The van der Waals surface area contributed by atoms with Gasteiger partial charge in [-0.05, 0) is 44.9 Å². The van der Waals surface area contributed by atoms with E-state index in [2.05, 4.69) is 63.9 Å². The molecule has 18 heavy (non-hydrogen) atoms. The molecule has 0 aliphatic carbocycles. The SMILES string of the molecule is CCc1ccc(C(N)CN(C)C(C)(C)CC)cc1. The summed E-state index contributed by atoms with van der Waals surface area (Å²) in [5, 5.41) is 0. The topological polar surface area (TPSA) is 29.3 Å². The molecule has 2 heteroatoms. The maximum Gasteiger partial charge on any atom is 0.0424 e. The molecular formula is C16H28N2. The predicted octanol–water partition coefficient (Wildman–Crippen LogP) is 3.37. The Hall–Kier alpha value is -0.860. The molecule has 0 aliphatic rings. The van der Waals surface area contributed by atoms with Gasteiger partial charge in [0, 0.05) is 18.1 Å². The Morgan fingerprint density at radius 1 is 1.17 bits per heavy atom. The Bertz CT molecular complexity index is 354. The van der Waals surface area contributed by atoms with Gasteiger partial charge in [0.25, 0.3) is 0 Å². The zero-order chi connectivity index (χ0) is 13.8. The zero-order valence-corrected chi connectivity index (χ0v) is 12.5. The summed E-state index contributed by atoms with van der Waals surface area (Å²) in [5.74, 6) is 0. The molecule has 0 heterocycles. The Morgan fingerprint density at radius 2 is 1.72 bits per heavy atom. The molecule has 0 aliphatic heterocycles. The number of benzene rings is 1. The van der Waals surface area contributed by atoms with Crippen molar-refractivity contribution in [1.29, 1.82) is 0 Å². The molecule has 1 aromatic carbocycles. The summed E-state index contributed by atoms with van der Waals surface area (Å²) in [7, 11) is 2.16. The first-order valence-electron chi connectivity index (χ1n) is 6.96. The second kappa shape index (κ2) is 6.35. The van der Waals surface area contributed by atoms with Gasteiger partial charge in [-0.1, -0.05) is 38.1 Å². The van der Waals surface area contributed by atoms with E-state index in [1.54, 1.807) is 0 Å². The lowest BCUT2D eigenvalue weighted by molar-refractivity contribution is 0.142. The first kappa shape index (κ1) is 15.2. The van der Waals surface area contributed by atoms with Gasteiger partial charge in [0.15, 0.2) is 0 Å². The van der Waals surface area contributed by atoms with Gasteiger partial charge in [0.05, 0.1) is 0 Å². The van der Waals surface area contributed by atoms with Gasteiger partial charge in [-0.25, -0.2) is 0 Å². The molecule has 1 aromatic rings. The van der Waals surface area contributed by atoms with Crippen LogP contribution in [0.2, 0.25) is 0 Å². The highest BCUT2D eigenvalue weighted by atomic mass is 15.2. The molecule has 1 rings (SSSR count). The third kappa shape index (κ3) is 3.82. The van der Waals surface area contributed by atoms with Crippen LogP contribution >= 0.6 is 0 Å². The van der Waals surface area contributed by atoms with E-state index in [-0.39, 0.29) is 11.6 Å². The second-order valence-corrected chi connectivity index (χ2v) is 5.75. The number of aryl methyl sites for hydroxylation is 1. The molecule has 0 amide bonds. The Kier molecular flexibility index (Phi) is 5.36. The number of hydrogen-bond acceptors (Lipinski definition) is 2. The van der Waals surface area contributed by atoms with Crippen molar-refractivity contribution >= 4 is 0 Å². The number of rotatable bonds is 6. The van der Waals surface area contributed by atoms with Gasteiger partial charge < -0.3 is 5.73 Å². The van der Waals surface area contributed by atoms with E-state index in [0.29, 0.717) is 0 Å². The fourth-order valence-electron chi connectivity index (χ4n) is 1.92. The number of nitrogens with zero attached hydrogens (tertiary/aromatic N) is 1. The highest BCUT2D eigenvalue weighted by molar-refractivity contribution is 5.25. The predicted molar refractivity (Wildman–Crippen MR) is 79.7 cm³/mol. The molecule has 0 fully saturated rings. The van der Waals surface area contributed by atoms with Crippen LogP contribution in [0, 0.1) is 0 Å². The van der Waals surface area contributed by atoms with Crippen LogP contribution in [0.4, 0.5) is 0 Å². The standard InChI is InChI=1S/C16H28N2/c1-6-13-8-10-14(11-9-13)15(17)12-18(5)16(3,4)7-2/h8-11,15H,6-7,12,17H2,1-5H3. The van der Waals surface area contributed by atoms with Gasteiger partial charge in [0.1, 0.15) is 0 Å². The van der Waals surface area contributed by atoms with E-state index in [9.17, 15) is 0 Å². The van der Waals surface area contributed by atoms with Crippen molar-refractivity contribution in [2.45, 2.75) is 52.1 Å². The van der Waals surface area contributed by atoms with Crippen LogP contribution in [0.25, 0.3) is 0 Å². The molecule has 0 aromatic heterocycles. The van der Waals surface area contributed by atoms with Crippen LogP contribution in [0.5, 0.6) is 0 Å². The van der Waals surface area contributed by atoms with Crippen LogP contribution in [0.3, 0.4) is 0 Å². The van der Waals surface area contributed by atoms with Crippen molar-refractivity contribution in [3.8, 4) is 0 Å². The minimum Gasteiger partial charge on any atom is -0.323 e. The fourth-order valence-corrected chi connectivity index (χ4v) is 1.92. The van der Waals surface area contributed by atoms with Gasteiger partial charge in [-0.3, -0.25) is 4.90 Å². The first-order chi connectivity index (χ1) is 8.40. The molecule has 0 spiro atoms. The average Bonchev–Trinajstić information content (AvgIpc) is 2.38. The highest BCUT2D eigenvalue weighted by Gasteiger charge is 2.22. The fraction of sp³-hybridized carbons (Fsp3) is 0.625. The molecule has 2 N–H and O–H groups in total. The van der Waals surface area contributed by atoms with E-state index in [0.717, 1.165) is 19.4 Å². The molecule has 0 radical (unpaired) electrons. The average molecular weight is 248 g/mol. The normalized spacial score (nSPS) is 13.9. The van der Waals surface area contributed by atoms with Crippen molar-refractivity contribution in [2.75, 3.05) is 13.6 Å². The summed E-state index contributed by atoms with van der Waals surface area (Å²) in [4.78, 5) is 2.35. The van der Waals surface area contributed by atoms with Crippen LogP contribution < -0.4 is 5.73 Å². The van der Waals surface area contributed by atoms with Crippen LogP contribution in [-0.2, 0) is 6.42 Å². The zero-order valence-electron chi connectivity index (χ0n) is 12.5. The van der Waals surface area contributed by atoms with Crippen LogP contribution in [-0.4, -0.2) is 24.0 Å². The van der Waals surface area contributed by atoms with Crippen molar-refractivity contribution < 1.29 is 0 Å². The molecule has 102 valence electrons. The van der Waals surface area contributed by atoms with Crippen molar-refractivity contribution in [2.24, 2.45) is 5.73 Å². The summed E-state index contributed by atoms with van der Waals surface area (Å²) in [6, 6.07) is 8.78. The van der Waals surface area contributed by atoms with E-state index in [4.69, 9.17) is 5.73 Å². The van der Waals surface area contributed by atoms with Crippen molar-refractivity contribution in [1.82, 2.24) is 4.90 Å². The molecular weight excluding hydrogens is 220 g/mol. The van der Waals surface area contributed by atoms with Gasteiger partial charge >= 0.3 is 0 Å². The molecule has 1 unspecified atom stereocenters. The smallest absolute Gasteiger partial charge is 0.0424 e. The first-order valence-corrected chi connectivity index (χ1v) is 6.96. The third-order valence-electron chi connectivity index (χ3n) is 4.19. The quantitative estimate of drug-likeness (QED) is 0.836. The van der Waals surface area contributed by atoms with E-state index >= 15 is 0 Å². The van der Waals surface area contributed by atoms with E-state index < -0.39 is 0 Å². The van der Waals surface area contributed by atoms with Crippen LogP contribution in [0.1, 0.15) is 51.3 Å². The lowest BCUT2D eigenvalue weighted by Gasteiger charge is -2.36.